The Bertz CT molecular complexity index is 4770. The third kappa shape index (κ3) is 5.23. The molecule has 0 N–H and O–H groups in total. The first-order valence-electron chi connectivity index (χ1n) is 27.9. The minimum atomic E-state index is -0.523. The number of hydrogen-bond acceptors (Lipinski definition) is 1. The Balaban J connectivity index is 0.842. The maximum Gasteiger partial charge on any atom is 0.0754 e. The van der Waals surface area contributed by atoms with Gasteiger partial charge in [0, 0.05) is 33.2 Å². The summed E-state index contributed by atoms with van der Waals surface area (Å²) in [7, 11) is 0. The first-order valence-corrected chi connectivity index (χ1v) is 27.9. The highest BCUT2D eigenvalue weighted by molar-refractivity contribution is 6.13. The van der Waals surface area contributed by atoms with Crippen molar-refractivity contribution in [3.63, 3.8) is 0 Å². The molecule has 12 aromatic carbocycles. The summed E-state index contributed by atoms with van der Waals surface area (Å²) in [6.45, 7) is 4.77. The molecule has 0 saturated carbocycles. The summed E-state index contributed by atoms with van der Waals surface area (Å²) in [5, 5.41) is 2.58. The van der Waals surface area contributed by atoms with Gasteiger partial charge in [0.2, 0.25) is 0 Å². The number of nitrogens with zero attached hydrogens (tertiary/aromatic N) is 2. The van der Waals surface area contributed by atoms with Crippen LogP contribution in [0.4, 0.5) is 17.1 Å². The molecule has 79 heavy (non-hydrogen) atoms. The normalized spacial score (nSPS) is 16.2. The molecule has 4 aliphatic carbocycles. The van der Waals surface area contributed by atoms with Gasteiger partial charge in [-0.2, -0.15) is 0 Å². The van der Waals surface area contributed by atoms with Gasteiger partial charge in [-0.3, -0.25) is 0 Å². The molecule has 0 radical (unpaired) electrons. The number of para-hydroxylation sites is 3. The first kappa shape index (κ1) is 43.4. The third-order valence-electron chi connectivity index (χ3n) is 19.2. The fourth-order valence-corrected chi connectivity index (χ4v) is 16.1. The van der Waals surface area contributed by atoms with Crippen molar-refractivity contribution in [2.24, 2.45) is 0 Å². The Morgan fingerprint density at radius 2 is 0.722 bits per heavy atom. The Morgan fingerprint density at radius 1 is 0.291 bits per heavy atom. The molecule has 2 heteroatoms. The maximum absolute atomic E-state index is 2.53. The minimum absolute atomic E-state index is 0.166. The number of benzene rings is 12. The summed E-state index contributed by atoms with van der Waals surface area (Å²) >= 11 is 0. The lowest BCUT2D eigenvalue weighted by Gasteiger charge is -2.39. The lowest BCUT2D eigenvalue weighted by molar-refractivity contribution is 0.660. The molecule has 0 amide bonds. The fraction of sp³-hybridized carbons (Fsp3) is 0.0649. The van der Waals surface area contributed by atoms with Crippen LogP contribution in [-0.2, 0) is 16.2 Å². The largest absolute Gasteiger partial charge is 0.310 e. The average Bonchev–Trinajstić information content (AvgIpc) is 2.65. The van der Waals surface area contributed by atoms with Gasteiger partial charge in [-0.25, -0.2) is 0 Å². The van der Waals surface area contributed by atoms with Crippen molar-refractivity contribution in [2.75, 3.05) is 4.90 Å². The van der Waals surface area contributed by atoms with Crippen molar-refractivity contribution < 1.29 is 0 Å². The van der Waals surface area contributed by atoms with E-state index in [4.69, 9.17) is 0 Å². The van der Waals surface area contributed by atoms with E-state index in [1.165, 1.54) is 139 Å². The summed E-state index contributed by atoms with van der Waals surface area (Å²) in [5.74, 6) is 0. The van der Waals surface area contributed by atoms with Gasteiger partial charge in [0.25, 0.3) is 0 Å². The summed E-state index contributed by atoms with van der Waals surface area (Å²) in [6, 6.07) is 102. The number of fused-ring (bicyclic) bond motifs is 25. The predicted molar refractivity (Wildman–Crippen MR) is 326 cm³/mol. The van der Waals surface area contributed by atoms with E-state index < -0.39 is 10.8 Å². The molecule has 5 aliphatic rings. The molecule has 0 bridgehead atoms. The summed E-state index contributed by atoms with van der Waals surface area (Å²) in [4.78, 5) is 2.52. The molecule has 13 aromatic rings. The minimum Gasteiger partial charge on any atom is -0.310 e. The molecule has 18 rings (SSSR count). The molecule has 368 valence electrons. The van der Waals surface area contributed by atoms with Crippen LogP contribution in [0, 0.1) is 0 Å². The molecule has 1 atom stereocenters. The van der Waals surface area contributed by atoms with E-state index in [0.29, 0.717) is 0 Å². The van der Waals surface area contributed by atoms with Crippen molar-refractivity contribution >= 4 is 38.9 Å². The molecule has 2 heterocycles. The standard InChI is InChI=1S/C77H50N2/c1-75(2)61-27-9-3-19-52(61)56-43-41-49(45-69(56)75)78(50-42-44-57-55-22-6-12-30-64(55)76(70(57)46-50)62-28-10-4-20-53(62)54-21-5-11-29-63(54)76)48-39-37-47(38-40-48)51-25-17-33-67-73(51)60-24-7-13-31-65(60)77(67)66-32-14-16-36-72(66)79-71-35-15-8-23-58(71)59-26-18-34-68(77)74(59)79/h3-46H,1-2H3. The van der Waals surface area contributed by atoms with Gasteiger partial charge < -0.3 is 9.47 Å². The fourth-order valence-electron chi connectivity index (χ4n) is 16.1. The lowest BCUT2D eigenvalue weighted by atomic mass is 9.65. The topological polar surface area (TPSA) is 8.17 Å². The Hall–Kier alpha value is -9.76. The van der Waals surface area contributed by atoms with E-state index in [0.717, 1.165) is 17.1 Å². The van der Waals surface area contributed by atoms with Crippen LogP contribution < -0.4 is 4.90 Å². The smallest absolute Gasteiger partial charge is 0.0754 e. The van der Waals surface area contributed by atoms with Crippen LogP contribution in [0.3, 0.4) is 0 Å². The van der Waals surface area contributed by atoms with Crippen LogP contribution >= 0.6 is 0 Å². The van der Waals surface area contributed by atoms with Crippen LogP contribution in [0.25, 0.3) is 83.1 Å². The van der Waals surface area contributed by atoms with Crippen LogP contribution in [0.1, 0.15) is 69.5 Å². The second-order valence-electron chi connectivity index (χ2n) is 23.0. The molecule has 1 aromatic heterocycles. The molecule has 0 saturated heterocycles. The van der Waals surface area contributed by atoms with Crippen LogP contribution in [0.15, 0.2) is 267 Å². The molecule has 1 unspecified atom stereocenters. The highest BCUT2D eigenvalue weighted by atomic mass is 15.1. The quantitative estimate of drug-likeness (QED) is 0.171. The first-order chi connectivity index (χ1) is 39.0. The summed E-state index contributed by atoms with van der Waals surface area (Å²) < 4.78 is 2.53. The molecule has 1 aliphatic heterocycles. The van der Waals surface area contributed by atoms with Crippen molar-refractivity contribution in [3.8, 4) is 61.3 Å². The van der Waals surface area contributed by atoms with E-state index >= 15 is 0 Å². The van der Waals surface area contributed by atoms with Gasteiger partial charge in [-0.15, -0.1) is 0 Å². The third-order valence-corrected chi connectivity index (χ3v) is 19.2. The van der Waals surface area contributed by atoms with E-state index in [2.05, 4.69) is 290 Å². The Kier molecular flexibility index (Phi) is 8.37. The number of anilines is 3. The number of aromatic nitrogens is 1. The zero-order valence-electron chi connectivity index (χ0n) is 43.8. The van der Waals surface area contributed by atoms with Gasteiger partial charge in [0.15, 0.2) is 0 Å². The highest BCUT2D eigenvalue weighted by Crippen LogP contribution is 2.65. The number of hydrogen-bond donors (Lipinski definition) is 0. The van der Waals surface area contributed by atoms with Gasteiger partial charge in [-0.05, 0) is 160 Å². The second kappa shape index (κ2) is 15.2. The van der Waals surface area contributed by atoms with Crippen LogP contribution in [0.5, 0.6) is 0 Å². The summed E-state index contributed by atoms with van der Waals surface area (Å²) in [6.07, 6.45) is 0. The molecule has 0 fully saturated rings. The Morgan fingerprint density at radius 3 is 1.39 bits per heavy atom. The van der Waals surface area contributed by atoms with Gasteiger partial charge in [-0.1, -0.05) is 232 Å². The Labute approximate surface area is 459 Å². The lowest BCUT2D eigenvalue weighted by Crippen LogP contribution is -2.33. The maximum atomic E-state index is 2.53. The van der Waals surface area contributed by atoms with Crippen LogP contribution in [-0.4, -0.2) is 4.57 Å². The summed E-state index contributed by atoms with van der Waals surface area (Å²) in [5.41, 5.74) is 32.3. The zero-order valence-corrected chi connectivity index (χ0v) is 43.8. The van der Waals surface area contributed by atoms with Gasteiger partial charge in [0.1, 0.15) is 0 Å². The van der Waals surface area contributed by atoms with Gasteiger partial charge in [0.05, 0.1) is 27.6 Å². The zero-order chi connectivity index (χ0) is 51.9. The molecular weight excluding hydrogens is 953 g/mol. The average molecular weight is 1000 g/mol. The van der Waals surface area contributed by atoms with E-state index in [1.54, 1.807) is 0 Å². The van der Waals surface area contributed by atoms with E-state index in [1.807, 2.05) is 0 Å². The highest BCUT2D eigenvalue weighted by Gasteiger charge is 2.53. The molecular formula is C77H50N2. The van der Waals surface area contributed by atoms with E-state index in [9.17, 15) is 0 Å². The van der Waals surface area contributed by atoms with Crippen molar-refractivity contribution in [3.05, 3.63) is 323 Å². The monoisotopic (exact) mass is 1000 g/mol. The van der Waals surface area contributed by atoms with Crippen molar-refractivity contribution in [2.45, 2.75) is 30.1 Å². The van der Waals surface area contributed by atoms with E-state index in [-0.39, 0.29) is 5.41 Å². The predicted octanol–water partition coefficient (Wildman–Crippen LogP) is 19.2. The van der Waals surface area contributed by atoms with Gasteiger partial charge >= 0.3 is 0 Å². The number of rotatable bonds is 4. The second-order valence-corrected chi connectivity index (χ2v) is 23.0. The molecule has 2 spiro atoms. The van der Waals surface area contributed by atoms with Crippen molar-refractivity contribution in [1.82, 2.24) is 4.57 Å². The van der Waals surface area contributed by atoms with Crippen molar-refractivity contribution in [1.29, 1.82) is 0 Å². The molecule has 2 nitrogen and oxygen atoms in total. The SMILES string of the molecule is CC1(C)c2ccccc2-c2ccc(N(c3ccc(-c4cccc5c4-c4ccccc4C54c5ccccc5-n5c6ccccc6c6cccc4c65)cc3)c3ccc4c(c3)C3(c5ccccc5-c5ccccc53)c3ccccc3-4)cc21. The van der Waals surface area contributed by atoms with Crippen LogP contribution in [0.2, 0.25) is 0 Å².